The maximum atomic E-state index is 13.0. The molecule has 29 heavy (non-hydrogen) atoms. The third-order valence-corrected chi connectivity index (χ3v) is 5.71. The smallest absolute Gasteiger partial charge is 0.337 e. The van der Waals surface area contributed by atoms with Gasteiger partial charge in [0.25, 0.3) is 0 Å². The predicted octanol–water partition coefficient (Wildman–Crippen LogP) is 4.86. The molecule has 1 atom stereocenters. The minimum absolute atomic E-state index is 0.00136. The molecule has 0 unspecified atom stereocenters. The largest absolute Gasteiger partial charge is 0.409 e. The van der Waals surface area contributed by atoms with Crippen LogP contribution in [-0.4, -0.2) is 36.2 Å². The molecule has 2 aliphatic heterocycles. The predicted molar refractivity (Wildman–Crippen MR) is 95.2 cm³/mol. The van der Waals surface area contributed by atoms with Crippen molar-refractivity contribution >= 4 is 5.91 Å². The van der Waals surface area contributed by atoms with E-state index < -0.39 is 24.2 Å². The van der Waals surface area contributed by atoms with Crippen LogP contribution in [0.25, 0.3) is 0 Å². The number of carbonyl (C=O) groups excluding carboxylic acids is 1. The molecule has 162 valence electrons. The molecule has 0 aliphatic carbocycles. The van der Waals surface area contributed by atoms with Crippen molar-refractivity contribution in [3.05, 3.63) is 34.4 Å². The second-order valence-corrected chi connectivity index (χ2v) is 8.08. The van der Waals surface area contributed by atoms with Gasteiger partial charge in [-0.3, -0.25) is 4.79 Å². The third-order valence-electron chi connectivity index (χ3n) is 5.71. The van der Waals surface area contributed by atoms with Gasteiger partial charge in [-0.15, -0.1) is 0 Å². The summed E-state index contributed by atoms with van der Waals surface area (Å²) < 4.78 is 78.0. The summed E-state index contributed by atoms with van der Waals surface area (Å²) in [5.74, 6) is -5.67. The highest BCUT2D eigenvalue weighted by Crippen LogP contribution is 2.42. The van der Waals surface area contributed by atoms with E-state index in [1.165, 1.54) is 0 Å². The summed E-state index contributed by atoms with van der Waals surface area (Å²) in [4.78, 5) is 13.0. The Balaban J connectivity index is 1.96. The number of nitrogens with zero attached hydrogens (tertiary/aromatic N) is 1. The van der Waals surface area contributed by atoms with Crippen LogP contribution >= 0.6 is 0 Å². The third kappa shape index (κ3) is 4.54. The SMILES string of the molecule is CC(C)c1cc2c(c([C@@H]3CCCN3)c1)CN(C(=O)C(C(F)(F)F)C(F)(F)F)CC2. The molecule has 1 aromatic rings. The molecule has 2 heterocycles. The Labute approximate surface area is 165 Å². The quantitative estimate of drug-likeness (QED) is 0.706. The van der Waals surface area contributed by atoms with E-state index in [4.69, 9.17) is 0 Å². The van der Waals surface area contributed by atoms with Crippen molar-refractivity contribution in [3.8, 4) is 0 Å². The summed E-state index contributed by atoms with van der Waals surface area (Å²) in [6.07, 6.45) is -9.32. The number of halogens is 6. The summed E-state index contributed by atoms with van der Waals surface area (Å²) >= 11 is 0. The molecular weight excluding hydrogens is 398 g/mol. The lowest BCUT2D eigenvalue weighted by Crippen LogP contribution is -2.50. The van der Waals surface area contributed by atoms with E-state index in [1.54, 1.807) is 0 Å². The van der Waals surface area contributed by atoms with Crippen molar-refractivity contribution in [1.29, 1.82) is 0 Å². The van der Waals surface area contributed by atoms with Gasteiger partial charge in [-0.05, 0) is 54.0 Å². The minimum Gasteiger partial charge on any atom is -0.337 e. The highest BCUT2D eigenvalue weighted by Gasteiger charge is 2.62. The molecule has 1 aromatic carbocycles. The minimum atomic E-state index is -5.67. The lowest BCUT2D eigenvalue weighted by atomic mass is 9.86. The van der Waals surface area contributed by atoms with E-state index in [0.29, 0.717) is 10.5 Å². The molecule has 3 nitrogen and oxygen atoms in total. The van der Waals surface area contributed by atoms with Crippen molar-refractivity contribution < 1.29 is 31.1 Å². The van der Waals surface area contributed by atoms with Gasteiger partial charge < -0.3 is 10.2 Å². The molecule has 0 spiro atoms. The maximum absolute atomic E-state index is 13.0. The number of alkyl halides is 6. The van der Waals surface area contributed by atoms with E-state index in [-0.39, 0.29) is 31.5 Å². The molecular formula is C20H24F6N2O. The number of benzene rings is 1. The fourth-order valence-corrected chi connectivity index (χ4v) is 4.15. The van der Waals surface area contributed by atoms with Gasteiger partial charge in [0.15, 0.2) is 0 Å². The van der Waals surface area contributed by atoms with Crippen LogP contribution in [0.1, 0.15) is 60.9 Å². The summed E-state index contributed by atoms with van der Waals surface area (Å²) in [6, 6.07) is 3.94. The summed E-state index contributed by atoms with van der Waals surface area (Å²) in [5, 5.41) is 3.34. The second kappa shape index (κ2) is 7.81. The first-order valence-electron chi connectivity index (χ1n) is 9.70. The Hall–Kier alpha value is -1.77. The highest BCUT2D eigenvalue weighted by atomic mass is 19.4. The van der Waals surface area contributed by atoms with Crippen LogP contribution < -0.4 is 5.32 Å². The molecule has 0 aromatic heterocycles. The van der Waals surface area contributed by atoms with Crippen molar-refractivity contribution in [2.45, 2.75) is 64.0 Å². The average molecular weight is 422 g/mol. The van der Waals surface area contributed by atoms with Crippen molar-refractivity contribution in [2.75, 3.05) is 13.1 Å². The second-order valence-electron chi connectivity index (χ2n) is 8.08. The highest BCUT2D eigenvalue weighted by molar-refractivity contribution is 5.81. The summed E-state index contributed by atoms with van der Waals surface area (Å²) in [6.45, 7) is 4.47. The molecule has 1 saturated heterocycles. The number of nitrogens with one attached hydrogen (secondary N) is 1. The van der Waals surface area contributed by atoms with Crippen LogP contribution in [0, 0.1) is 5.92 Å². The van der Waals surface area contributed by atoms with E-state index in [1.807, 2.05) is 26.0 Å². The Kier molecular flexibility index (Phi) is 5.91. The van der Waals surface area contributed by atoms with Crippen LogP contribution in [0.4, 0.5) is 26.3 Å². The van der Waals surface area contributed by atoms with Crippen LogP contribution in [-0.2, 0) is 17.8 Å². The van der Waals surface area contributed by atoms with Gasteiger partial charge in [0, 0.05) is 19.1 Å². The molecule has 2 aliphatic rings. The molecule has 1 N–H and O–H groups in total. The molecule has 0 saturated carbocycles. The summed E-state index contributed by atoms with van der Waals surface area (Å²) in [7, 11) is 0. The van der Waals surface area contributed by atoms with Gasteiger partial charge in [-0.1, -0.05) is 26.0 Å². The first kappa shape index (κ1) is 21.9. The monoisotopic (exact) mass is 422 g/mol. The molecule has 1 fully saturated rings. The van der Waals surface area contributed by atoms with Gasteiger partial charge in [-0.25, -0.2) is 0 Å². The van der Waals surface area contributed by atoms with Gasteiger partial charge in [0.1, 0.15) is 0 Å². The number of carbonyl (C=O) groups is 1. The molecule has 0 radical (unpaired) electrons. The number of fused-ring (bicyclic) bond motifs is 1. The van der Waals surface area contributed by atoms with E-state index in [0.717, 1.165) is 36.1 Å². The molecule has 3 rings (SSSR count). The molecule has 0 bridgehead atoms. The Morgan fingerprint density at radius 2 is 1.79 bits per heavy atom. The number of amides is 1. The maximum Gasteiger partial charge on any atom is 0.409 e. The van der Waals surface area contributed by atoms with E-state index in [2.05, 4.69) is 5.32 Å². The van der Waals surface area contributed by atoms with Crippen LogP contribution in [0.3, 0.4) is 0 Å². The zero-order valence-electron chi connectivity index (χ0n) is 16.3. The first-order valence-corrected chi connectivity index (χ1v) is 9.70. The Bertz CT molecular complexity index is 751. The van der Waals surface area contributed by atoms with Crippen LogP contribution in [0.15, 0.2) is 12.1 Å². The van der Waals surface area contributed by atoms with E-state index >= 15 is 0 Å². The standard InChI is InChI=1S/C20H24F6N2O/c1-11(2)13-8-12-5-7-28(18(29)17(19(21,22)23)20(24,25)26)10-15(12)14(9-13)16-4-3-6-27-16/h8-9,11,16-17,27H,3-7,10H2,1-2H3/t16-/m0/s1. The Morgan fingerprint density at radius 3 is 2.31 bits per heavy atom. The lowest BCUT2D eigenvalue weighted by Gasteiger charge is -2.35. The van der Waals surface area contributed by atoms with Crippen molar-refractivity contribution in [3.63, 3.8) is 0 Å². The summed E-state index contributed by atoms with van der Waals surface area (Å²) in [5.41, 5.74) is 3.54. The van der Waals surface area contributed by atoms with Crippen LogP contribution in [0.2, 0.25) is 0 Å². The molecule has 1 amide bonds. The zero-order chi connectivity index (χ0) is 21.6. The number of hydrogen-bond acceptors (Lipinski definition) is 2. The fourth-order valence-electron chi connectivity index (χ4n) is 4.15. The Morgan fingerprint density at radius 1 is 1.14 bits per heavy atom. The number of rotatable bonds is 3. The van der Waals surface area contributed by atoms with Crippen LogP contribution in [0.5, 0.6) is 0 Å². The lowest BCUT2D eigenvalue weighted by molar-refractivity contribution is -0.277. The van der Waals surface area contributed by atoms with Gasteiger partial charge in [0.05, 0.1) is 0 Å². The topological polar surface area (TPSA) is 32.3 Å². The van der Waals surface area contributed by atoms with Gasteiger partial charge in [0.2, 0.25) is 11.8 Å². The normalized spacial score (nSPS) is 20.5. The first-order chi connectivity index (χ1) is 13.4. The van der Waals surface area contributed by atoms with E-state index in [9.17, 15) is 31.1 Å². The molecule has 9 heteroatoms. The zero-order valence-corrected chi connectivity index (χ0v) is 16.3. The average Bonchev–Trinajstić information content (AvgIpc) is 3.12. The van der Waals surface area contributed by atoms with Crippen molar-refractivity contribution in [1.82, 2.24) is 10.2 Å². The van der Waals surface area contributed by atoms with Gasteiger partial charge >= 0.3 is 12.4 Å². The number of hydrogen-bond donors (Lipinski definition) is 1. The van der Waals surface area contributed by atoms with Gasteiger partial charge in [-0.2, -0.15) is 26.3 Å². The van der Waals surface area contributed by atoms with Crippen molar-refractivity contribution in [2.24, 2.45) is 5.92 Å². The fraction of sp³-hybridized carbons (Fsp3) is 0.650.